The second-order valence-corrected chi connectivity index (χ2v) is 3.39. The molecule has 0 aliphatic carbocycles. The Balaban J connectivity index is 3.97. The summed E-state index contributed by atoms with van der Waals surface area (Å²) in [5.74, 6) is 5.88. The molecule has 2 heteroatoms. The van der Waals surface area contributed by atoms with Crippen molar-refractivity contribution in [3.8, 4) is 11.8 Å². The van der Waals surface area contributed by atoms with Gasteiger partial charge in [0.15, 0.2) is 0 Å². The van der Waals surface area contributed by atoms with Gasteiger partial charge in [0.1, 0.15) is 5.60 Å². The minimum absolute atomic E-state index is 0.679. The highest BCUT2D eigenvalue weighted by molar-refractivity contribution is 5.12. The normalized spacial score (nSPS) is 14.9. The van der Waals surface area contributed by atoms with Gasteiger partial charge in [0.25, 0.3) is 0 Å². The standard InChI is InChI=1S/C11H21NO/c1-5-11(4,13)9-8-10-12(6-2)7-3/h13H,5-7,10H2,1-4H3. The Hall–Kier alpha value is -0.520. The molecule has 0 heterocycles. The second kappa shape index (κ2) is 6.01. The van der Waals surface area contributed by atoms with Crippen LogP contribution in [-0.2, 0) is 0 Å². The topological polar surface area (TPSA) is 23.5 Å². The van der Waals surface area contributed by atoms with E-state index in [-0.39, 0.29) is 0 Å². The van der Waals surface area contributed by atoms with Crippen LogP contribution in [0.4, 0.5) is 0 Å². The molecule has 1 unspecified atom stereocenters. The fourth-order valence-corrected chi connectivity index (χ4v) is 0.877. The summed E-state index contributed by atoms with van der Waals surface area (Å²) >= 11 is 0. The molecule has 2 nitrogen and oxygen atoms in total. The summed E-state index contributed by atoms with van der Waals surface area (Å²) in [7, 11) is 0. The van der Waals surface area contributed by atoms with Gasteiger partial charge in [-0.05, 0) is 26.4 Å². The largest absolute Gasteiger partial charge is 0.378 e. The van der Waals surface area contributed by atoms with Gasteiger partial charge in [-0.25, -0.2) is 0 Å². The molecule has 0 bridgehead atoms. The molecule has 0 aromatic carbocycles. The van der Waals surface area contributed by atoms with Gasteiger partial charge in [0.05, 0.1) is 6.54 Å². The zero-order valence-corrected chi connectivity index (χ0v) is 9.22. The second-order valence-electron chi connectivity index (χ2n) is 3.39. The maximum absolute atomic E-state index is 9.59. The van der Waals surface area contributed by atoms with Crippen molar-refractivity contribution in [3.63, 3.8) is 0 Å². The molecule has 0 rings (SSSR count). The van der Waals surface area contributed by atoms with Gasteiger partial charge in [-0.15, -0.1) is 0 Å². The molecular weight excluding hydrogens is 162 g/mol. The average molecular weight is 183 g/mol. The Labute approximate surface area is 81.9 Å². The van der Waals surface area contributed by atoms with Gasteiger partial charge in [-0.2, -0.15) is 0 Å². The molecule has 76 valence electrons. The minimum Gasteiger partial charge on any atom is -0.378 e. The van der Waals surface area contributed by atoms with Gasteiger partial charge in [-0.3, -0.25) is 4.90 Å². The van der Waals surface area contributed by atoms with Gasteiger partial charge in [0, 0.05) is 0 Å². The van der Waals surface area contributed by atoms with Crippen LogP contribution in [0, 0.1) is 11.8 Å². The number of rotatable bonds is 4. The maximum atomic E-state index is 9.59. The van der Waals surface area contributed by atoms with Crippen molar-refractivity contribution in [3.05, 3.63) is 0 Å². The highest BCUT2D eigenvalue weighted by atomic mass is 16.3. The van der Waals surface area contributed by atoms with Crippen molar-refractivity contribution in [2.75, 3.05) is 19.6 Å². The van der Waals surface area contributed by atoms with E-state index < -0.39 is 5.60 Å². The maximum Gasteiger partial charge on any atom is 0.122 e. The van der Waals surface area contributed by atoms with Gasteiger partial charge >= 0.3 is 0 Å². The molecule has 0 aromatic rings. The molecule has 0 fully saturated rings. The molecule has 0 aliphatic rings. The van der Waals surface area contributed by atoms with Crippen molar-refractivity contribution >= 4 is 0 Å². The Morgan fingerprint density at radius 1 is 1.23 bits per heavy atom. The zero-order valence-electron chi connectivity index (χ0n) is 9.22. The van der Waals surface area contributed by atoms with Crippen molar-refractivity contribution in [2.24, 2.45) is 0 Å². The smallest absolute Gasteiger partial charge is 0.122 e. The molecule has 1 atom stereocenters. The predicted octanol–water partition coefficient (Wildman–Crippen LogP) is 1.49. The molecule has 0 saturated heterocycles. The summed E-state index contributed by atoms with van der Waals surface area (Å²) in [5.41, 5.74) is -0.812. The van der Waals surface area contributed by atoms with E-state index in [1.54, 1.807) is 6.92 Å². The first-order valence-electron chi connectivity index (χ1n) is 5.00. The number of nitrogens with zero attached hydrogens (tertiary/aromatic N) is 1. The lowest BCUT2D eigenvalue weighted by Gasteiger charge is -2.15. The van der Waals surface area contributed by atoms with Crippen molar-refractivity contribution in [1.82, 2.24) is 4.90 Å². The molecular formula is C11H21NO. The van der Waals surface area contributed by atoms with E-state index in [1.165, 1.54) is 0 Å². The summed E-state index contributed by atoms with van der Waals surface area (Å²) in [4.78, 5) is 2.22. The Morgan fingerprint density at radius 2 is 1.77 bits per heavy atom. The molecule has 13 heavy (non-hydrogen) atoms. The van der Waals surface area contributed by atoms with Crippen LogP contribution in [0.1, 0.15) is 34.1 Å². The Kier molecular flexibility index (Phi) is 5.77. The van der Waals surface area contributed by atoms with Crippen LogP contribution in [0.3, 0.4) is 0 Å². The first-order valence-corrected chi connectivity index (χ1v) is 5.00. The van der Waals surface area contributed by atoms with Crippen LogP contribution in [-0.4, -0.2) is 35.2 Å². The molecule has 0 aliphatic heterocycles. The van der Waals surface area contributed by atoms with Gasteiger partial charge in [0.2, 0.25) is 0 Å². The fraction of sp³-hybridized carbons (Fsp3) is 0.818. The third kappa shape index (κ3) is 5.68. The van der Waals surface area contributed by atoms with Gasteiger partial charge in [-0.1, -0.05) is 32.6 Å². The lowest BCUT2D eigenvalue weighted by atomic mass is 10.1. The average Bonchev–Trinajstić information content (AvgIpc) is 2.12. The van der Waals surface area contributed by atoms with Crippen LogP contribution in [0.15, 0.2) is 0 Å². The fourth-order valence-electron chi connectivity index (χ4n) is 0.877. The van der Waals surface area contributed by atoms with E-state index in [4.69, 9.17) is 0 Å². The predicted molar refractivity (Wildman–Crippen MR) is 56.5 cm³/mol. The van der Waals surface area contributed by atoms with E-state index in [1.807, 2.05) is 6.92 Å². The molecule has 0 saturated carbocycles. The molecule has 0 aromatic heterocycles. The first kappa shape index (κ1) is 12.5. The monoisotopic (exact) mass is 183 g/mol. The quantitative estimate of drug-likeness (QED) is 0.668. The van der Waals surface area contributed by atoms with Crippen LogP contribution in [0.25, 0.3) is 0 Å². The highest BCUT2D eigenvalue weighted by Gasteiger charge is 2.11. The lowest BCUT2D eigenvalue weighted by molar-refractivity contribution is 0.118. The summed E-state index contributed by atoms with van der Waals surface area (Å²) in [5, 5.41) is 9.59. The van der Waals surface area contributed by atoms with E-state index in [9.17, 15) is 5.11 Å². The van der Waals surface area contributed by atoms with E-state index in [0.29, 0.717) is 6.42 Å². The summed E-state index contributed by atoms with van der Waals surface area (Å²) < 4.78 is 0. The minimum atomic E-state index is -0.812. The van der Waals surface area contributed by atoms with Crippen LogP contribution < -0.4 is 0 Å². The Morgan fingerprint density at radius 3 is 2.15 bits per heavy atom. The van der Waals surface area contributed by atoms with Crippen molar-refractivity contribution in [1.29, 1.82) is 0 Å². The summed E-state index contributed by atoms with van der Waals surface area (Å²) in [6, 6.07) is 0. The molecule has 0 spiro atoms. The molecule has 1 N–H and O–H groups in total. The molecule has 0 radical (unpaired) electrons. The summed E-state index contributed by atoms with van der Waals surface area (Å²) in [6.07, 6.45) is 0.679. The lowest BCUT2D eigenvalue weighted by Crippen LogP contribution is -2.24. The van der Waals surface area contributed by atoms with E-state index >= 15 is 0 Å². The SMILES string of the molecule is CCN(CC)CC#CC(C)(O)CC. The Bertz CT molecular complexity index is 184. The number of aliphatic hydroxyl groups is 1. The zero-order chi connectivity index (χ0) is 10.3. The van der Waals surface area contributed by atoms with Gasteiger partial charge < -0.3 is 5.11 Å². The van der Waals surface area contributed by atoms with E-state index in [2.05, 4.69) is 30.6 Å². The number of hydrogen-bond donors (Lipinski definition) is 1. The molecule has 0 amide bonds. The van der Waals surface area contributed by atoms with Crippen molar-refractivity contribution in [2.45, 2.75) is 39.7 Å². The van der Waals surface area contributed by atoms with Crippen LogP contribution in [0.2, 0.25) is 0 Å². The summed E-state index contributed by atoms with van der Waals surface area (Å²) in [6.45, 7) is 10.7. The number of hydrogen-bond acceptors (Lipinski definition) is 2. The first-order chi connectivity index (χ1) is 6.05. The van der Waals surface area contributed by atoms with Crippen molar-refractivity contribution < 1.29 is 5.11 Å². The highest BCUT2D eigenvalue weighted by Crippen LogP contribution is 2.05. The van der Waals surface area contributed by atoms with E-state index in [0.717, 1.165) is 19.6 Å². The van der Waals surface area contributed by atoms with Crippen LogP contribution >= 0.6 is 0 Å². The third-order valence-corrected chi connectivity index (χ3v) is 2.24. The third-order valence-electron chi connectivity index (χ3n) is 2.24. The van der Waals surface area contributed by atoms with Crippen LogP contribution in [0.5, 0.6) is 0 Å².